The van der Waals surface area contributed by atoms with Crippen molar-refractivity contribution in [2.75, 3.05) is 11.9 Å². The molecule has 3 aromatic rings. The average molecular weight is 258 g/mol. The molecule has 0 atom stereocenters. The molecule has 0 aliphatic carbocycles. The maximum atomic E-state index is 5.85. The molecule has 92 valence electrons. The van der Waals surface area contributed by atoms with Crippen molar-refractivity contribution in [3.05, 3.63) is 47.6 Å². The second-order valence-electron chi connectivity index (χ2n) is 4.04. The van der Waals surface area contributed by atoms with Crippen LogP contribution in [0.1, 0.15) is 5.69 Å². The first-order valence-electron chi connectivity index (χ1n) is 5.74. The van der Waals surface area contributed by atoms with Gasteiger partial charge in [0.1, 0.15) is 0 Å². The zero-order chi connectivity index (χ0) is 12.5. The number of benzene rings is 1. The Balaban J connectivity index is 2.11. The fourth-order valence-electron chi connectivity index (χ4n) is 2.05. The van der Waals surface area contributed by atoms with E-state index in [-0.39, 0.29) is 0 Å². The standard InChI is InChI=1S/C13H14N4S/c1-16(10-5-3-2-4-6-10)12-11(9-14)17-7-8-18-13(17)15-12/h2-8H,9,14H2,1H3. The summed E-state index contributed by atoms with van der Waals surface area (Å²) in [5.74, 6) is 0.926. The number of fused-ring (bicyclic) bond motifs is 1. The predicted molar refractivity (Wildman–Crippen MR) is 75.5 cm³/mol. The summed E-state index contributed by atoms with van der Waals surface area (Å²) >= 11 is 1.62. The highest BCUT2D eigenvalue weighted by Gasteiger charge is 2.16. The lowest BCUT2D eigenvalue weighted by Crippen LogP contribution is -2.13. The highest BCUT2D eigenvalue weighted by atomic mass is 32.1. The van der Waals surface area contributed by atoms with Gasteiger partial charge in [-0.25, -0.2) is 4.98 Å². The number of hydrogen-bond acceptors (Lipinski definition) is 4. The summed E-state index contributed by atoms with van der Waals surface area (Å²) in [4.78, 5) is 7.70. The Labute approximate surface area is 109 Å². The molecular weight excluding hydrogens is 244 g/mol. The van der Waals surface area contributed by atoms with E-state index in [1.165, 1.54) is 0 Å². The van der Waals surface area contributed by atoms with Gasteiger partial charge in [0.15, 0.2) is 10.8 Å². The lowest BCUT2D eigenvalue weighted by molar-refractivity contribution is 0.954. The number of para-hydroxylation sites is 1. The van der Waals surface area contributed by atoms with Crippen molar-refractivity contribution in [1.82, 2.24) is 9.38 Å². The van der Waals surface area contributed by atoms with Gasteiger partial charge in [-0.2, -0.15) is 0 Å². The van der Waals surface area contributed by atoms with Crippen LogP contribution >= 0.6 is 11.3 Å². The Morgan fingerprint density at radius 2 is 2.11 bits per heavy atom. The normalized spacial score (nSPS) is 11.0. The van der Waals surface area contributed by atoms with Crippen LogP contribution in [-0.4, -0.2) is 16.4 Å². The zero-order valence-electron chi connectivity index (χ0n) is 10.1. The van der Waals surface area contributed by atoms with Crippen LogP contribution in [0.4, 0.5) is 11.5 Å². The van der Waals surface area contributed by atoms with E-state index in [0.717, 1.165) is 22.2 Å². The third-order valence-electron chi connectivity index (χ3n) is 2.99. The van der Waals surface area contributed by atoms with Crippen molar-refractivity contribution >= 4 is 27.8 Å². The molecule has 0 fully saturated rings. The van der Waals surface area contributed by atoms with Crippen molar-refractivity contribution < 1.29 is 0 Å². The van der Waals surface area contributed by atoms with Gasteiger partial charge in [0.2, 0.25) is 0 Å². The molecule has 0 saturated heterocycles. The summed E-state index contributed by atoms with van der Waals surface area (Å²) in [7, 11) is 2.01. The van der Waals surface area contributed by atoms with Crippen LogP contribution in [0, 0.1) is 0 Å². The fraction of sp³-hybridized carbons (Fsp3) is 0.154. The summed E-state index contributed by atoms with van der Waals surface area (Å²) in [5, 5.41) is 2.02. The first-order valence-corrected chi connectivity index (χ1v) is 6.62. The quantitative estimate of drug-likeness (QED) is 0.785. The Kier molecular flexibility index (Phi) is 2.77. The van der Waals surface area contributed by atoms with E-state index < -0.39 is 0 Å². The maximum absolute atomic E-state index is 5.85. The number of imidazole rings is 1. The molecule has 2 N–H and O–H groups in total. The van der Waals surface area contributed by atoms with E-state index in [2.05, 4.69) is 26.4 Å². The van der Waals surface area contributed by atoms with Crippen LogP contribution < -0.4 is 10.6 Å². The largest absolute Gasteiger partial charge is 0.328 e. The summed E-state index contributed by atoms with van der Waals surface area (Å²) in [6.07, 6.45) is 2.01. The topological polar surface area (TPSA) is 46.6 Å². The van der Waals surface area contributed by atoms with E-state index in [0.29, 0.717) is 6.54 Å². The lowest BCUT2D eigenvalue weighted by atomic mass is 10.3. The van der Waals surface area contributed by atoms with E-state index >= 15 is 0 Å². The molecule has 18 heavy (non-hydrogen) atoms. The number of thiazole rings is 1. The summed E-state index contributed by atoms with van der Waals surface area (Å²) < 4.78 is 2.06. The Hall–Kier alpha value is -1.85. The minimum absolute atomic E-state index is 0.477. The molecule has 0 amide bonds. The molecule has 1 aromatic carbocycles. The molecule has 0 radical (unpaired) electrons. The van der Waals surface area contributed by atoms with Crippen LogP contribution in [0.15, 0.2) is 41.9 Å². The molecule has 3 rings (SSSR count). The van der Waals surface area contributed by atoms with Crippen molar-refractivity contribution in [2.24, 2.45) is 5.73 Å². The fourth-order valence-corrected chi connectivity index (χ4v) is 2.78. The molecule has 2 aromatic heterocycles. The van der Waals surface area contributed by atoms with Gasteiger partial charge in [-0.3, -0.25) is 4.40 Å². The number of aromatic nitrogens is 2. The van der Waals surface area contributed by atoms with Crippen LogP contribution in [0.5, 0.6) is 0 Å². The molecule has 5 heteroatoms. The van der Waals surface area contributed by atoms with E-state index in [1.54, 1.807) is 11.3 Å². The van der Waals surface area contributed by atoms with Gasteiger partial charge in [-0.05, 0) is 12.1 Å². The van der Waals surface area contributed by atoms with Gasteiger partial charge >= 0.3 is 0 Å². The summed E-state index contributed by atoms with van der Waals surface area (Å²) in [6, 6.07) is 10.2. The summed E-state index contributed by atoms with van der Waals surface area (Å²) in [6.45, 7) is 0.477. The van der Waals surface area contributed by atoms with Crippen LogP contribution in [0.25, 0.3) is 4.96 Å². The van der Waals surface area contributed by atoms with Gasteiger partial charge in [-0.1, -0.05) is 18.2 Å². The van der Waals surface area contributed by atoms with E-state index in [1.807, 2.05) is 36.8 Å². The SMILES string of the molecule is CN(c1ccccc1)c1nc2sccn2c1CN. The Morgan fingerprint density at radius 3 is 2.83 bits per heavy atom. The minimum atomic E-state index is 0.477. The minimum Gasteiger partial charge on any atom is -0.328 e. The third-order valence-corrected chi connectivity index (χ3v) is 3.75. The Bertz CT molecular complexity index is 656. The first kappa shape index (κ1) is 11.3. The van der Waals surface area contributed by atoms with Gasteiger partial charge < -0.3 is 10.6 Å². The number of rotatable bonds is 3. The van der Waals surface area contributed by atoms with Crippen molar-refractivity contribution in [3.8, 4) is 0 Å². The smallest absolute Gasteiger partial charge is 0.195 e. The highest BCUT2D eigenvalue weighted by Crippen LogP contribution is 2.28. The number of anilines is 2. The number of hydrogen-bond donors (Lipinski definition) is 1. The molecule has 0 saturated carbocycles. The van der Waals surface area contributed by atoms with Gasteiger partial charge in [0, 0.05) is 30.9 Å². The molecular formula is C13H14N4S. The number of nitrogens with zero attached hydrogens (tertiary/aromatic N) is 3. The summed E-state index contributed by atoms with van der Waals surface area (Å²) in [5.41, 5.74) is 8.00. The monoisotopic (exact) mass is 258 g/mol. The van der Waals surface area contributed by atoms with Gasteiger partial charge in [-0.15, -0.1) is 11.3 Å². The highest BCUT2D eigenvalue weighted by molar-refractivity contribution is 7.15. The van der Waals surface area contributed by atoms with Crippen LogP contribution in [0.2, 0.25) is 0 Å². The molecule has 0 aliphatic heterocycles. The maximum Gasteiger partial charge on any atom is 0.195 e. The first-order chi connectivity index (χ1) is 8.81. The van der Waals surface area contributed by atoms with Gasteiger partial charge in [0.25, 0.3) is 0 Å². The van der Waals surface area contributed by atoms with E-state index in [9.17, 15) is 0 Å². The molecule has 0 unspecified atom stereocenters. The molecule has 4 nitrogen and oxygen atoms in total. The molecule has 0 bridgehead atoms. The van der Waals surface area contributed by atoms with Crippen molar-refractivity contribution in [1.29, 1.82) is 0 Å². The predicted octanol–water partition coefficient (Wildman–Crippen LogP) is 2.62. The molecule has 0 aliphatic rings. The van der Waals surface area contributed by atoms with Crippen molar-refractivity contribution in [2.45, 2.75) is 6.54 Å². The average Bonchev–Trinajstić information content (AvgIpc) is 2.98. The zero-order valence-corrected chi connectivity index (χ0v) is 10.9. The lowest BCUT2D eigenvalue weighted by Gasteiger charge is -2.17. The second kappa shape index (κ2) is 4.44. The van der Waals surface area contributed by atoms with Gasteiger partial charge in [0.05, 0.1) is 5.69 Å². The van der Waals surface area contributed by atoms with Crippen molar-refractivity contribution in [3.63, 3.8) is 0 Å². The van der Waals surface area contributed by atoms with Crippen LogP contribution in [0.3, 0.4) is 0 Å². The number of nitrogens with two attached hydrogens (primary N) is 1. The Morgan fingerprint density at radius 1 is 1.33 bits per heavy atom. The van der Waals surface area contributed by atoms with E-state index in [4.69, 9.17) is 5.73 Å². The third kappa shape index (κ3) is 1.68. The molecule has 2 heterocycles. The molecule has 0 spiro atoms. The second-order valence-corrected chi connectivity index (χ2v) is 4.91. The van der Waals surface area contributed by atoms with Crippen LogP contribution in [-0.2, 0) is 6.54 Å².